The maximum absolute atomic E-state index is 12.8. The molecule has 5 nitrogen and oxygen atoms in total. The largest absolute Gasteiger partial charge is 0.454 e. The Morgan fingerprint density at radius 2 is 1.45 bits per heavy atom. The lowest BCUT2D eigenvalue weighted by atomic mass is 10.1. The van der Waals surface area contributed by atoms with Gasteiger partial charge in [0.15, 0.2) is 0 Å². The molecule has 2 rings (SSSR count). The number of para-hydroxylation sites is 1. The van der Waals surface area contributed by atoms with Crippen LogP contribution in [0.2, 0.25) is 0 Å². The Balaban J connectivity index is 1.97. The van der Waals surface area contributed by atoms with Crippen LogP contribution in [0.1, 0.15) is 45.6 Å². The van der Waals surface area contributed by atoms with Crippen LogP contribution in [-0.4, -0.2) is 29.8 Å². The lowest BCUT2D eigenvalue weighted by molar-refractivity contribution is -0.163. The van der Waals surface area contributed by atoms with E-state index >= 15 is 0 Å². The first kappa shape index (κ1) is 22.3. The number of anilines is 1. The van der Waals surface area contributed by atoms with Crippen molar-refractivity contribution in [3.8, 4) is 0 Å². The molecule has 0 aliphatic rings. The van der Waals surface area contributed by atoms with E-state index < -0.39 is 29.7 Å². The number of nitrogens with zero attached hydrogens (tertiary/aromatic N) is 1. The fourth-order valence-electron chi connectivity index (χ4n) is 2.89. The summed E-state index contributed by atoms with van der Waals surface area (Å²) in [5.41, 5.74) is 1.20. The Bertz CT molecular complexity index is 810. The first-order chi connectivity index (χ1) is 13.8. The normalized spacial score (nSPS) is 11.0. The summed E-state index contributed by atoms with van der Waals surface area (Å²) in [6.07, 6.45) is 2.13. The van der Waals surface area contributed by atoms with Crippen LogP contribution in [-0.2, 0) is 25.5 Å². The average Bonchev–Trinajstić information content (AvgIpc) is 2.68. The first-order valence-electron chi connectivity index (χ1n) is 9.92. The monoisotopic (exact) mass is 395 g/mol. The molecular weight excluding hydrogens is 366 g/mol. The molecule has 0 bridgehead atoms. The van der Waals surface area contributed by atoms with Crippen molar-refractivity contribution in [2.45, 2.75) is 52.1 Å². The number of ketones is 1. The number of hydrogen-bond donors (Lipinski definition) is 0. The molecule has 154 valence electrons. The molecule has 0 aliphatic carbocycles. The van der Waals surface area contributed by atoms with E-state index in [0.29, 0.717) is 12.2 Å². The van der Waals surface area contributed by atoms with Crippen molar-refractivity contribution in [3.05, 3.63) is 66.2 Å². The fraction of sp³-hybridized carbons (Fsp3) is 0.375. The lowest BCUT2D eigenvalue weighted by Crippen LogP contribution is -2.36. The van der Waals surface area contributed by atoms with Crippen molar-refractivity contribution >= 4 is 23.3 Å². The number of carbonyl (C=O) groups excluding carboxylic acids is 3. The maximum atomic E-state index is 12.8. The van der Waals surface area contributed by atoms with E-state index in [-0.39, 0.29) is 0 Å². The number of carbonyl (C=O) groups is 3. The third kappa shape index (κ3) is 7.90. The van der Waals surface area contributed by atoms with Crippen LogP contribution in [0.5, 0.6) is 0 Å². The number of benzene rings is 2. The van der Waals surface area contributed by atoms with Gasteiger partial charge in [-0.05, 0) is 57.7 Å². The smallest absolute Gasteiger partial charge is 0.375 e. The second-order valence-electron chi connectivity index (χ2n) is 7.93. The van der Waals surface area contributed by atoms with Crippen molar-refractivity contribution in [1.29, 1.82) is 0 Å². The molecule has 0 heterocycles. The lowest BCUT2D eigenvalue weighted by Gasteiger charge is -2.23. The van der Waals surface area contributed by atoms with Gasteiger partial charge in [0.1, 0.15) is 5.60 Å². The number of hydrogen-bond acceptors (Lipinski definition) is 4. The molecule has 0 atom stereocenters. The number of unbranched alkanes of at least 4 members (excludes halogenated alkanes) is 1. The van der Waals surface area contributed by atoms with E-state index in [1.54, 1.807) is 25.7 Å². The van der Waals surface area contributed by atoms with Gasteiger partial charge in [-0.1, -0.05) is 48.5 Å². The minimum Gasteiger partial charge on any atom is -0.454 e. The number of amides is 1. The quantitative estimate of drug-likeness (QED) is 0.274. The topological polar surface area (TPSA) is 63.7 Å². The maximum Gasteiger partial charge on any atom is 0.375 e. The minimum atomic E-state index is -0.970. The van der Waals surface area contributed by atoms with Crippen LogP contribution < -0.4 is 4.90 Å². The highest BCUT2D eigenvalue weighted by Crippen LogP contribution is 2.17. The molecule has 29 heavy (non-hydrogen) atoms. The predicted octanol–water partition coefficient (Wildman–Crippen LogP) is 4.34. The van der Waals surface area contributed by atoms with Gasteiger partial charge in [-0.3, -0.25) is 9.59 Å². The van der Waals surface area contributed by atoms with Gasteiger partial charge in [0.05, 0.1) is 6.42 Å². The Morgan fingerprint density at radius 1 is 0.862 bits per heavy atom. The van der Waals surface area contributed by atoms with Gasteiger partial charge < -0.3 is 9.64 Å². The van der Waals surface area contributed by atoms with Gasteiger partial charge in [-0.25, -0.2) is 4.79 Å². The zero-order valence-electron chi connectivity index (χ0n) is 17.4. The van der Waals surface area contributed by atoms with Crippen LogP contribution in [0.3, 0.4) is 0 Å². The second-order valence-corrected chi connectivity index (χ2v) is 7.93. The van der Waals surface area contributed by atoms with Gasteiger partial charge in [0.2, 0.25) is 11.7 Å². The summed E-state index contributed by atoms with van der Waals surface area (Å²) < 4.78 is 5.07. The van der Waals surface area contributed by atoms with Crippen molar-refractivity contribution in [1.82, 2.24) is 0 Å². The van der Waals surface area contributed by atoms with Crippen molar-refractivity contribution in [2.24, 2.45) is 0 Å². The molecule has 0 unspecified atom stereocenters. The van der Waals surface area contributed by atoms with Crippen molar-refractivity contribution < 1.29 is 19.1 Å². The van der Waals surface area contributed by atoms with Crippen LogP contribution >= 0.6 is 0 Å². The van der Waals surface area contributed by atoms with Crippen molar-refractivity contribution in [2.75, 3.05) is 11.4 Å². The molecule has 0 fully saturated rings. The van der Waals surface area contributed by atoms with Gasteiger partial charge >= 0.3 is 5.97 Å². The van der Waals surface area contributed by atoms with Gasteiger partial charge in [-0.2, -0.15) is 0 Å². The van der Waals surface area contributed by atoms with E-state index in [2.05, 4.69) is 12.1 Å². The highest BCUT2D eigenvalue weighted by Gasteiger charge is 2.27. The zero-order chi connectivity index (χ0) is 21.3. The molecule has 0 aliphatic heterocycles. The van der Waals surface area contributed by atoms with E-state index in [9.17, 15) is 14.4 Å². The summed E-state index contributed by atoms with van der Waals surface area (Å²) in [5.74, 6) is -2.19. The summed E-state index contributed by atoms with van der Waals surface area (Å²) in [7, 11) is 0. The molecule has 2 aromatic carbocycles. The Labute approximate surface area is 172 Å². The summed E-state index contributed by atoms with van der Waals surface area (Å²) in [4.78, 5) is 38.5. The van der Waals surface area contributed by atoms with E-state index in [1.165, 1.54) is 5.56 Å². The van der Waals surface area contributed by atoms with Gasteiger partial charge in [0, 0.05) is 12.2 Å². The number of aryl methyl sites for hydroxylation is 1. The highest BCUT2D eigenvalue weighted by molar-refractivity contribution is 6.37. The molecule has 0 spiro atoms. The SMILES string of the molecule is CC(C)(C)OC(=O)C(=O)CC(=O)N(CCCCc1ccccc1)c1ccccc1. The van der Waals surface area contributed by atoms with Crippen LogP contribution in [0.25, 0.3) is 0 Å². The Kier molecular flexibility index (Phi) is 8.13. The standard InChI is InChI=1S/C24H29NO4/c1-24(2,3)29-23(28)21(26)18-22(27)25(20-15-8-5-9-16-20)17-11-10-14-19-12-6-4-7-13-19/h4-9,12-13,15-16H,10-11,14,17-18H2,1-3H3. The first-order valence-corrected chi connectivity index (χ1v) is 9.92. The third-order valence-corrected chi connectivity index (χ3v) is 4.25. The molecule has 5 heteroatoms. The fourth-order valence-corrected chi connectivity index (χ4v) is 2.89. The summed E-state index contributed by atoms with van der Waals surface area (Å²) >= 11 is 0. The number of ether oxygens (including phenoxy) is 1. The molecule has 0 saturated heterocycles. The predicted molar refractivity (Wildman–Crippen MR) is 114 cm³/mol. The summed E-state index contributed by atoms with van der Waals surface area (Å²) in [6, 6.07) is 19.4. The Morgan fingerprint density at radius 3 is 2.03 bits per heavy atom. The van der Waals surface area contributed by atoms with Gasteiger partial charge in [-0.15, -0.1) is 0 Å². The third-order valence-electron chi connectivity index (χ3n) is 4.25. The van der Waals surface area contributed by atoms with Crippen LogP contribution in [0.15, 0.2) is 60.7 Å². The Hall–Kier alpha value is -2.95. The van der Waals surface area contributed by atoms with E-state index in [4.69, 9.17) is 4.74 Å². The van der Waals surface area contributed by atoms with E-state index in [0.717, 1.165) is 19.3 Å². The average molecular weight is 395 g/mol. The molecule has 0 N–H and O–H groups in total. The molecule has 0 aromatic heterocycles. The minimum absolute atomic E-state index is 0.397. The molecule has 2 aromatic rings. The molecular formula is C24H29NO4. The highest BCUT2D eigenvalue weighted by atomic mass is 16.6. The molecule has 0 radical (unpaired) electrons. The molecule has 1 amide bonds. The van der Waals surface area contributed by atoms with Gasteiger partial charge in [0.25, 0.3) is 0 Å². The summed E-state index contributed by atoms with van der Waals surface area (Å²) in [6.45, 7) is 5.53. The summed E-state index contributed by atoms with van der Waals surface area (Å²) in [5, 5.41) is 0. The number of esters is 1. The second kappa shape index (κ2) is 10.6. The number of Topliss-reactive ketones (excluding diaryl/α,β-unsaturated/α-hetero) is 1. The van der Waals surface area contributed by atoms with Crippen molar-refractivity contribution in [3.63, 3.8) is 0 Å². The molecule has 0 saturated carbocycles. The van der Waals surface area contributed by atoms with Crippen LogP contribution in [0, 0.1) is 0 Å². The van der Waals surface area contributed by atoms with Crippen LogP contribution in [0.4, 0.5) is 5.69 Å². The zero-order valence-corrected chi connectivity index (χ0v) is 17.4. The number of rotatable bonds is 9. The van der Waals surface area contributed by atoms with E-state index in [1.807, 2.05) is 48.5 Å².